The molecule has 4 heteroatoms. The minimum Gasteiger partial charge on any atom is -0.396 e. The quantitative estimate of drug-likeness (QED) is 0.674. The summed E-state index contributed by atoms with van der Waals surface area (Å²) < 4.78 is 0. The van der Waals surface area contributed by atoms with Gasteiger partial charge < -0.3 is 15.7 Å². The summed E-state index contributed by atoms with van der Waals surface area (Å²) in [5.41, 5.74) is 0. The number of carbonyl (C=O) groups excluding carboxylic acids is 1. The fraction of sp³-hybridized carbons (Fsp3) is 0.929. The van der Waals surface area contributed by atoms with Crippen LogP contribution >= 0.6 is 0 Å². The summed E-state index contributed by atoms with van der Waals surface area (Å²) in [7, 11) is 0. The van der Waals surface area contributed by atoms with E-state index in [1.54, 1.807) is 0 Å². The largest absolute Gasteiger partial charge is 0.396 e. The van der Waals surface area contributed by atoms with Crippen LogP contribution < -0.4 is 10.6 Å². The molecule has 3 N–H and O–H groups in total. The third kappa shape index (κ3) is 4.94. The van der Waals surface area contributed by atoms with Gasteiger partial charge in [-0.25, -0.2) is 0 Å². The Labute approximate surface area is 111 Å². The Hall–Kier alpha value is -0.610. The van der Waals surface area contributed by atoms with E-state index in [-0.39, 0.29) is 30.5 Å². The first-order valence-corrected chi connectivity index (χ1v) is 7.22. The summed E-state index contributed by atoms with van der Waals surface area (Å²) in [6, 6.07) is 0.305. The number of nitrogens with one attached hydrogen (secondary N) is 2. The van der Waals surface area contributed by atoms with Crippen molar-refractivity contribution in [1.82, 2.24) is 10.6 Å². The van der Waals surface area contributed by atoms with Crippen molar-refractivity contribution in [3.05, 3.63) is 0 Å². The molecule has 0 radical (unpaired) electrons. The topological polar surface area (TPSA) is 61.4 Å². The van der Waals surface area contributed by atoms with Gasteiger partial charge in [0, 0.05) is 18.7 Å². The number of aliphatic hydroxyl groups is 1. The second-order valence-corrected chi connectivity index (χ2v) is 5.68. The summed E-state index contributed by atoms with van der Waals surface area (Å²) in [5, 5.41) is 15.4. The number of carbonyl (C=O) groups is 1. The van der Waals surface area contributed by atoms with Crippen LogP contribution in [0.25, 0.3) is 0 Å². The molecular formula is C14H28N2O2. The van der Waals surface area contributed by atoms with E-state index in [0.29, 0.717) is 6.04 Å². The lowest BCUT2D eigenvalue weighted by Gasteiger charge is -2.27. The number of hydrogen-bond acceptors (Lipinski definition) is 3. The Bertz CT molecular complexity index is 252. The number of rotatable bonds is 6. The Balaban J connectivity index is 2.31. The summed E-state index contributed by atoms with van der Waals surface area (Å²) >= 11 is 0. The van der Waals surface area contributed by atoms with Gasteiger partial charge in [-0.05, 0) is 32.6 Å². The molecule has 0 aromatic carbocycles. The van der Waals surface area contributed by atoms with Crippen LogP contribution in [0.3, 0.4) is 0 Å². The van der Waals surface area contributed by atoms with E-state index in [4.69, 9.17) is 5.11 Å². The van der Waals surface area contributed by atoms with Gasteiger partial charge in [0.05, 0.1) is 6.04 Å². The zero-order valence-electron chi connectivity index (χ0n) is 11.9. The molecule has 1 aliphatic carbocycles. The van der Waals surface area contributed by atoms with Crippen molar-refractivity contribution in [3.8, 4) is 0 Å². The Morgan fingerprint density at radius 3 is 2.39 bits per heavy atom. The van der Waals surface area contributed by atoms with Gasteiger partial charge in [0.1, 0.15) is 0 Å². The molecule has 1 rings (SSSR count). The molecule has 1 saturated carbocycles. The first-order chi connectivity index (χ1) is 8.54. The minimum atomic E-state index is -0.198. The van der Waals surface area contributed by atoms with Gasteiger partial charge in [0.25, 0.3) is 0 Å². The summed E-state index contributed by atoms with van der Waals surface area (Å²) in [6.07, 6.45) is 5.97. The first-order valence-electron chi connectivity index (χ1n) is 7.22. The number of aliphatic hydroxyl groups excluding tert-OH is 1. The highest BCUT2D eigenvalue weighted by Crippen LogP contribution is 2.17. The van der Waals surface area contributed by atoms with Crippen LogP contribution in [0.1, 0.15) is 52.9 Å². The molecule has 0 saturated heterocycles. The third-order valence-electron chi connectivity index (χ3n) is 4.00. The summed E-state index contributed by atoms with van der Waals surface area (Å²) in [6.45, 7) is 6.01. The molecule has 0 aromatic heterocycles. The SMILES string of the molecule is CC(NC(C)C(C)CO)C(=O)NC1CCCCC1. The number of hydrogen-bond donors (Lipinski definition) is 3. The predicted octanol–water partition coefficient (Wildman–Crippen LogP) is 1.43. The van der Waals surface area contributed by atoms with Crippen molar-refractivity contribution in [2.24, 2.45) is 5.92 Å². The van der Waals surface area contributed by atoms with Crippen LogP contribution in [0.15, 0.2) is 0 Å². The van der Waals surface area contributed by atoms with Gasteiger partial charge in [-0.3, -0.25) is 4.79 Å². The van der Waals surface area contributed by atoms with Crippen LogP contribution in [-0.2, 0) is 4.79 Å². The molecule has 0 heterocycles. The fourth-order valence-electron chi connectivity index (χ4n) is 2.37. The molecule has 1 aliphatic rings. The molecule has 1 fully saturated rings. The maximum absolute atomic E-state index is 12.0. The second kappa shape index (κ2) is 7.74. The van der Waals surface area contributed by atoms with E-state index in [1.165, 1.54) is 19.3 Å². The molecule has 0 aliphatic heterocycles. The lowest BCUT2D eigenvalue weighted by Crippen LogP contribution is -2.50. The molecule has 0 spiro atoms. The lowest BCUT2D eigenvalue weighted by atomic mass is 9.95. The van der Waals surface area contributed by atoms with Gasteiger partial charge in [-0.15, -0.1) is 0 Å². The van der Waals surface area contributed by atoms with Gasteiger partial charge in [0.15, 0.2) is 0 Å². The van der Waals surface area contributed by atoms with E-state index in [9.17, 15) is 4.79 Å². The van der Waals surface area contributed by atoms with Crippen LogP contribution in [0.2, 0.25) is 0 Å². The molecule has 3 atom stereocenters. The van der Waals surface area contributed by atoms with Gasteiger partial charge in [0.2, 0.25) is 5.91 Å². The van der Waals surface area contributed by atoms with Crippen molar-refractivity contribution in [2.75, 3.05) is 6.61 Å². The standard InChI is InChI=1S/C14H28N2O2/c1-10(9-17)11(2)15-12(3)14(18)16-13-7-5-4-6-8-13/h10-13,15,17H,4-9H2,1-3H3,(H,16,18). The van der Waals surface area contributed by atoms with Gasteiger partial charge >= 0.3 is 0 Å². The van der Waals surface area contributed by atoms with E-state index in [0.717, 1.165) is 12.8 Å². The highest BCUT2D eigenvalue weighted by molar-refractivity contribution is 5.81. The van der Waals surface area contributed by atoms with Crippen molar-refractivity contribution >= 4 is 5.91 Å². The molecule has 0 aromatic rings. The van der Waals surface area contributed by atoms with Crippen molar-refractivity contribution < 1.29 is 9.90 Å². The molecule has 3 unspecified atom stereocenters. The third-order valence-corrected chi connectivity index (χ3v) is 4.00. The second-order valence-electron chi connectivity index (χ2n) is 5.68. The predicted molar refractivity (Wildman–Crippen MR) is 73.3 cm³/mol. The van der Waals surface area contributed by atoms with E-state index in [2.05, 4.69) is 10.6 Å². The fourth-order valence-corrected chi connectivity index (χ4v) is 2.37. The molecule has 18 heavy (non-hydrogen) atoms. The van der Waals surface area contributed by atoms with Crippen molar-refractivity contribution in [3.63, 3.8) is 0 Å². The Kier molecular flexibility index (Phi) is 6.65. The molecule has 106 valence electrons. The Morgan fingerprint density at radius 2 is 1.83 bits per heavy atom. The highest BCUT2D eigenvalue weighted by atomic mass is 16.3. The molecule has 0 bridgehead atoms. The maximum atomic E-state index is 12.0. The summed E-state index contributed by atoms with van der Waals surface area (Å²) in [5.74, 6) is 0.244. The smallest absolute Gasteiger partial charge is 0.237 e. The highest BCUT2D eigenvalue weighted by Gasteiger charge is 2.21. The van der Waals surface area contributed by atoms with E-state index >= 15 is 0 Å². The van der Waals surface area contributed by atoms with Crippen LogP contribution in [0.4, 0.5) is 0 Å². The molecular weight excluding hydrogens is 228 g/mol. The monoisotopic (exact) mass is 256 g/mol. The average molecular weight is 256 g/mol. The van der Waals surface area contributed by atoms with E-state index in [1.807, 2.05) is 20.8 Å². The first kappa shape index (κ1) is 15.4. The van der Waals surface area contributed by atoms with Gasteiger partial charge in [-0.1, -0.05) is 26.2 Å². The van der Waals surface area contributed by atoms with Crippen molar-refractivity contribution in [2.45, 2.75) is 71.0 Å². The molecule has 1 amide bonds. The van der Waals surface area contributed by atoms with Crippen LogP contribution in [0, 0.1) is 5.92 Å². The van der Waals surface area contributed by atoms with Gasteiger partial charge in [-0.2, -0.15) is 0 Å². The normalized spacial score (nSPS) is 22.2. The summed E-state index contributed by atoms with van der Waals surface area (Å²) in [4.78, 5) is 12.0. The lowest BCUT2D eigenvalue weighted by molar-refractivity contribution is -0.124. The van der Waals surface area contributed by atoms with Crippen LogP contribution in [0.5, 0.6) is 0 Å². The average Bonchev–Trinajstić information content (AvgIpc) is 2.38. The van der Waals surface area contributed by atoms with Crippen molar-refractivity contribution in [1.29, 1.82) is 0 Å². The number of amides is 1. The van der Waals surface area contributed by atoms with E-state index < -0.39 is 0 Å². The van der Waals surface area contributed by atoms with Crippen LogP contribution in [-0.4, -0.2) is 35.7 Å². The minimum absolute atomic E-state index is 0.0823. The zero-order valence-corrected chi connectivity index (χ0v) is 11.9. The maximum Gasteiger partial charge on any atom is 0.237 e. The zero-order chi connectivity index (χ0) is 13.5. The molecule has 4 nitrogen and oxygen atoms in total. The Morgan fingerprint density at radius 1 is 1.22 bits per heavy atom.